The molecule has 0 amide bonds. The number of benzene rings is 3. The number of nitrogens with zero attached hydrogens (tertiary/aromatic N) is 3. The van der Waals surface area contributed by atoms with Crippen molar-refractivity contribution in [1.29, 1.82) is 0 Å². The molecule has 186 valence electrons. The van der Waals surface area contributed by atoms with E-state index in [0.29, 0.717) is 0 Å². The standard InChI is InChI=1S/C32H25N3O3/c1-20-29(21(2)38-34-20)26-17-28-30(33-18-26)27(22-13-15-25(16-14-22)32(36)37)19-35(28)31(23-9-5-3-6-10-23)24-11-7-4-8-12-24/h3-19,31H,1-2H3,(H,36,37). The van der Waals surface area contributed by atoms with E-state index < -0.39 is 5.97 Å². The van der Waals surface area contributed by atoms with Crippen LogP contribution in [0.4, 0.5) is 0 Å². The van der Waals surface area contributed by atoms with Crippen molar-refractivity contribution < 1.29 is 14.4 Å². The number of carbonyl (C=O) groups is 1. The zero-order valence-electron chi connectivity index (χ0n) is 21.0. The third-order valence-corrected chi connectivity index (χ3v) is 6.94. The second-order valence-corrected chi connectivity index (χ2v) is 9.35. The van der Waals surface area contributed by atoms with Crippen molar-refractivity contribution in [1.82, 2.24) is 14.7 Å². The summed E-state index contributed by atoms with van der Waals surface area (Å²) in [6, 6.07) is 29.8. The van der Waals surface area contributed by atoms with Crippen molar-refractivity contribution in [2.75, 3.05) is 0 Å². The normalized spacial score (nSPS) is 11.3. The Balaban J connectivity index is 1.63. The smallest absolute Gasteiger partial charge is 0.335 e. The van der Waals surface area contributed by atoms with Crippen LogP contribution in [0, 0.1) is 13.8 Å². The number of aryl methyl sites for hydroxylation is 2. The molecule has 6 rings (SSSR count). The zero-order valence-corrected chi connectivity index (χ0v) is 21.0. The van der Waals surface area contributed by atoms with Gasteiger partial charge in [-0.15, -0.1) is 0 Å². The van der Waals surface area contributed by atoms with E-state index in [1.807, 2.05) is 44.3 Å². The molecule has 6 nitrogen and oxygen atoms in total. The number of aromatic nitrogens is 3. The van der Waals surface area contributed by atoms with E-state index in [9.17, 15) is 9.90 Å². The Labute approximate surface area is 219 Å². The lowest BCUT2D eigenvalue weighted by Crippen LogP contribution is -2.11. The first-order valence-corrected chi connectivity index (χ1v) is 12.4. The molecule has 38 heavy (non-hydrogen) atoms. The van der Waals surface area contributed by atoms with Gasteiger partial charge < -0.3 is 14.2 Å². The van der Waals surface area contributed by atoms with Crippen LogP contribution in [-0.2, 0) is 0 Å². The lowest BCUT2D eigenvalue weighted by Gasteiger charge is -2.21. The highest BCUT2D eigenvalue weighted by Crippen LogP contribution is 2.38. The Bertz CT molecular complexity index is 1690. The number of pyridine rings is 1. The van der Waals surface area contributed by atoms with E-state index >= 15 is 0 Å². The Morgan fingerprint density at radius 3 is 2.05 bits per heavy atom. The molecule has 0 aliphatic carbocycles. The van der Waals surface area contributed by atoms with Gasteiger partial charge >= 0.3 is 5.97 Å². The van der Waals surface area contributed by atoms with Gasteiger partial charge in [0.15, 0.2) is 0 Å². The molecule has 0 saturated carbocycles. The molecule has 0 unspecified atom stereocenters. The maximum atomic E-state index is 11.4. The molecular formula is C32H25N3O3. The van der Waals surface area contributed by atoms with Gasteiger partial charge in [-0.3, -0.25) is 4.98 Å². The second kappa shape index (κ2) is 9.48. The maximum absolute atomic E-state index is 11.4. The fourth-order valence-corrected chi connectivity index (χ4v) is 5.16. The summed E-state index contributed by atoms with van der Waals surface area (Å²) < 4.78 is 7.71. The van der Waals surface area contributed by atoms with Crippen LogP contribution in [0.15, 0.2) is 108 Å². The fourth-order valence-electron chi connectivity index (χ4n) is 5.16. The van der Waals surface area contributed by atoms with Gasteiger partial charge in [-0.25, -0.2) is 4.79 Å². The predicted octanol–water partition coefficient (Wildman–Crippen LogP) is 7.31. The average molecular weight is 500 g/mol. The molecule has 3 heterocycles. The number of fused-ring (bicyclic) bond motifs is 1. The summed E-state index contributed by atoms with van der Waals surface area (Å²) in [6.45, 7) is 3.84. The first-order chi connectivity index (χ1) is 18.5. The predicted molar refractivity (Wildman–Crippen MR) is 147 cm³/mol. The third-order valence-electron chi connectivity index (χ3n) is 6.94. The van der Waals surface area contributed by atoms with Crippen molar-refractivity contribution in [3.05, 3.63) is 132 Å². The van der Waals surface area contributed by atoms with Crippen molar-refractivity contribution >= 4 is 17.0 Å². The summed E-state index contributed by atoms with van der Waals surface area (Å²) in [5, 5.41) is 13.5. The molecular weight excluding hydrogens is 474 g/mol. The van der Waals surface area contributed by atoms with Gasteiger partial charge in [-0.05, 0) is 48.7 Å². The van der Waals surface area contributed by atoms with E-state index in [1.165, 1.54) is 0 Å². The van der Waals surface area contributed by atoms with E-state index in [4.69, 9.17) is 9.51 Å². The fraction of sp³-hybridized carbons (Fsp3) is 0.0938. The molecule has 6 aromatic rings. The van der Waals surface area contributed by atoms with E-state index in [2.05, 4.69) is 70.5 Å². The Morgan fingerprint density at radius 1 is 0.868 bits per heavy atom. The van der Waals surface area contributed by atoms with Crippen LogP contribution in [0.25, 0.3) is 33.3 Å². The molecule has 0 fully saturated rings. The van der Waals surface area contributed by atoms with Crippen LogP contribution in [-0.4, -0.2) is 25.8 Å². The van der Waals surface area contributed by atoms with Crippen LogP contribution >= 0.6 is 0 Å². The van der Waals surface area contributed by atoms with Gasteiger partial charge in [0.05, 0.1) is 28.3 Å². The minimum atomic E-state index is -0.950. The van der Waals surface area contributed by atoms with Crippen LogP contribution in [0.5, 0.6) is 0 Å². The van der Waals surface area contributed by atoms with Crippen LogP contribution in [0.1, 0.15) is 39.0 Å². The first kappa shape index (κ1) is 23.4. The van der Waals surface area contributed by atoms with Crippen LogP contribution in [0.2, 0.25) is 0 Å². The number of carboxylic acid groups (broad SMARTS) is 1. The molecule has 3 aromatic heterocycles. The summed E-state index contributed by atoms with van der Waals surface area (Å²) in [4.78, 5) is 16.4. The summed E-state index contributed by atoms with van der Waals surface area (Å²) in [5.41, 5.74) is 8.84. The van der Waals surface area contributed by atoms with E-state index in [-0.39, 0.29) is 11.6 Å². The molecule has 0 saturated heterocycles. The Kier molecular flexibility index (Phi) is 5.85. The highest BCUT2D eigenvalue weighted by Gasteiger charge is 2.23. The molecule has 0 radical (unpaired) electrons. The van der Waals surface area contributed by atoms with Gasteiger partial charge in [0.1, 0.15) is 5.76 Å². The van der Waals surface area contributed by atoms with Crippen LogP contribution < -0.4 is 0 Å². The number of rotatable bonds is 6. The molecule has 0 aliphatic rings. The van der Waals surface area contributed by atoms with Crippen molar-refractivity contribution in [2.24, 2.45) is 0 Å². The van der Waals surface area contributed by atoms with Gasteiger partial charge in [-0.1, -0.05) is 78.0 Å². The quantitative estimate of drug-likeness (QED) is 0.260. The molecule has 0 bridgehead atoms. The summed E-state index contributed by atoms with van der Waals surface area (Å²) >= 11 is 0. The number of hydrogen-bond acceptors (Lipinski definition) is 4. The summed E-state index contributed by atoms with van der Waals surface area (Å²) in [7, 11) is 0. The Hall–Kier alpha value is -4.97. The van der Waals surface area contributed by atoms with E-state index in [0.717, 1.165) is 55.9 Å². The van der Waals surface area contributed by atoms with Gasteiger partial charge in [0.25, 0.3) is 0 Å². The summed E-state index contributed by atoms with van der Waals surface area (Å²) in [6.07, 6.45) is 3.98. The molecule has 6 heteroatoms. The van der Waals surface area contributed by atoms with Gasteiger partial charge in [-0.2, -0.15) is 0 Å². The molecule has 3 aromatic carbocycles. The number of aromatic carboxylic acids is 1. The highest BCUT2D eigenvalue weighted by molar-refractivity contribution is 5.96. The first-order valence-electron chi connectivity index (χ1n) is 12.4. The molecule has 0 atom stereocenters. The minimum absolute atomic E-state index is 0.103. The molecule has 0 aliphatic heterocycles. The second-order valence-electron chi connectivity index (χ2n) is 9.35. The average Bonchev–Trinajstić information content (AvgIpc) is 3.49. The topological polar surface area (TPSA) is 81.2 Å². The van der Waals surface area contributed by atoms with E-state index in [1.54, 1.807) is 12.1 Å². The lowest BCUT2D eigenvalue weighted by molar-refractivity contribution is 0.0697. The monoisotopic (exact) mass is 499 g/mol. The number of hydrogen-bond donors (Lipinski definition) is 1. The van der Waals surface area contributed by atoms with Crippen molar-refractivity contribution in [3.8, 4) is 22.3 Å². The molecule has 0 spiro atoms. The maximum Gasteiger partial charge on any atom is 0.335 e. The van der Waals surface area contributed by atoms with Crippen molar-refractivity contribution in [2.45, 2.75) is 19.9 Å². The summed E-state index contributed by atoms with van der Waals surface area (Å²) in [5.74, 6) is -0.205. The zero-order chi connectivity index (χ0) is 26.2. The largest absolute Gasteiger partial charge is 0.478 e. The lowest BCUT2D eigenvalue weighted by atomic mass is 9.98. The third kappa shape index (κ3) is 4.06. The Morgan fingerprint density at radius 2 is 1.50 bits per heavy atom. The van der Waals surface area contributed by atoms with Crippen LogP contribution in [0.3, 0.4) is 0 Å². The minimum Gasteiger partial charge on any atom is -0.478 e. The number of carboxylic acids is 1. The van der Waals surface area contributed by atoms with Crippen molar-refractivity contribution in [3.63, 3.8) is 0 Å². The van der Waals surface area contributed by atoms with Gasteiger partial charge in [0, 0.05) is 29.1 Å². The SMILES string of the molecule is Cc1noc(C)c1-c1cnc2c(-c3ccc(C(=O)O)cc3)cn(C(c3ccccc3)c3ccccc3)c2c1. The highest BCUT2D eigenvalue weighted by atomic mass is 16.5. The molecule has 1 N–H and O–H groups in total. The van der Waals surface area contributed by atoms with Gasteiger partial charge in [0.2, 0.25) is 0 Å².